The zero-order valence-electron chi connectivity index (χ0n) is 24.4. The van der Waals surface area contributed by atoms with Gasteiger partial charge in [-0.1, -0.05) is 121 Å². The molecule has 0 spiro atoms. The summed E-state index contributed by atoms with van der Waals surface area (Å²) in [5.74, 6) is 0.941. The summed E-state index contributed by atoms with van der Waals surface area (Å²) in [7, 11) is 3.97. The molecular formula is C40H33N3. The molecule has 208 valence electrons. The second-order valence-electron chi connectivity index (χ2n) is 10.7. The first-order valence-corrected chi connectivity index (χ1v) is 14.4. The first-order valence-electron chi connectivity index (χ1n) is 14.4. The highest BCUT2D eigenvalue weighted by Crippen LogP contribution is 2.31. The molecule has 6 rings (SSSR count). The minimum atomic E-state index is 0.213. The van der Waals surface area contributed by atoms with E-state index in [0.717, 1.165) is 61.5 Å². The summed E-state index contributed by atoms with van der Waals surface area (Å²) in [6, 6.07) is 54.3. The van der Waals surface area contributed by atoms with Gasteiger partial charge < -0.3 is 4.90 Å². The van der Waals surface area contributed by atoms with E-state index in [2.05, 4.69) is 109 Å². The molecule has 0 fully saturated rings. The standard InChI is InChI=1S/C40H33N3/c1-43(2)40(38-27-35(31-19-11-5-12-20-31)24-36(28-38)32-21-13-6-14-22-32)42-39(41)37-25-33(29-15-7-3-8-16-29)23-34(26-37)30-17-9-4-10-18-30/h3-28,41H,1-2H3/b41-39?,42-40-. The maximum atomic E-state index is 9.24. The van der Waals surface area contributed by atoms with Crippen LogP contribution in [0.1, 0.15) is 11.1 Å². The Balaban J connectivity index is 1.48. The molecule has 0 radical (unpaired) electrons. The van der Waals surface area contributed by atoms with Crippen molar-refractivity contribution in [2.45, 2.75) is 0 Å². The van der Waals surface area contributed by atoms with Crippen LogP contribution in [0.3, 0.4) is 0 Å². The molecule has 0 atom stereocenters. The van der Waals surface area contributed by atoms with Crippen molar-refractivity contribution < 1.29 is 0 Å². The van der Waals surface area contributed by atoms with E-state index < -0.39 is 0 Å². The van der Waals surface area contributed by atoms with Crippen LogP contribution in [0.4, 0.5) is 0 Å². The highest BCUT2D eigenvalue weighted by Gasteiger charge is 2.15. The molecule has 0 amide bonds. The minimum absolute atomic E-state index is 0.213. The number of hydrogen-bond acceptors (Lipinski definition) is 1. The lowest BCUT2D eigenvalue weighted by Crippen LogP contribution is -2.24. The van der Waals surface area contributed by atoms with E-state index in [1.807, 2.05) is 67.5 Å². The molecule has 0 aliphatic heterocycles. The third-order valence-corrected chi connectivity index (χ3v) is 7.47. The molecule has 0 unspecified atom stereocenters. The van der Waals surface area contributed by atoms with Crippen LogP contribution in [-0.4, -0.2) is 30.7 Å². The molecule has 0 bridgehead atoms. The number of nitrogens with zero attached hydrogens (tertiary/aromatic N) is 2. The van der Waals surface area contributed by atoms with E-state index in [0.29, 0.717) is 0 Å². The summed E-state index contributed by atoms with van der Waals surface area (Å²) >= 11 is 0. The summed E-state index contributed by atoms with van der Waals surface area (Å²) in [5.41, 5.74) is 10.5. The lowest BCUT2D eigenvalue weighted by molar-refractivity contribution is 0.625. The van der Waals surface area contributed by atoms with Gasteiger partial charge in [-0.3, -0.25) is 5.41 Å². The van der Waals surface area contributed by atoms with Gasteiger partial charge in [0, 0.05) is 25.2 Å². The Labute approximate surface area is 254 Å². The van der Waals surface area contributed by atoms with Crippen molar-refractivity contribution >= 4 is 11.7 Å². The van der Waals surface area contributed by atoms with Gasteiger partial charge in [0.25, 0.3) is 0 Å². The van der Waals surface area contributed by atoms with Gasteiger partial charge in [-0.2, -0.15) is 0 Å². The average Bonchev–Trinajstić information content (AvgIpc) is 3.08. The summed E-state index contributed by atoms with van der Waals surface area (Å²) in [6.07, 6.45) is 0. The van der Waals surface area contributed by atoms with Gasteiger partial charge in [-0.15, -0.1) is 0 Å². The van der Waals surface area contributed by atoms with Crippen molar-refractivity contribution in [1.29, 1.82) is 5.41 Å². The van der Waals surface area contributed by atoms with Gasteiger partial charge in [0.2, 0.25) is 0 Å². The molecule has 3 nitrogen and oxygen atoms in total. The second kappa shape index (κ2) is 12.5. The van der Waals surface area contributed by atoms with Crippen molar-refractivity contribution in [2.24, 2.45) is 4.99 Å². The molecular weight excluding hydrogens is 522 g/mol. The number of benzene rings is 6. The molecule has 6 aromatic rings. The SMILES string of the molecule is CN(C)/C(=N\C(=N)c1cc(-c2ccccc2)cc(-c2ccccc2)c1)c1cc(-c2ccccc2)cc(-c2ccccc2)c1. The predicted molar refractivity (Wildman–Crippen MR) is 182 cm³/mol. The average molecular weight is 556 g/mol. The van der Waals surface area contributed by atoms with E-state index in [4.69, 9.17) is 4.99 Å². The lowest BCUT2D eigenvalue weighted by atomic mass is 9.95. The van der Waals surface area contributed by atoms with Crippen LogP contribution < -0.4 is 0 Å². The van der Waals surface area contributed by atoms with E-state index in [1.54, 1.807) is 0 Å². The second-order valence-corrected chi connectivity index (χ2v) is 10.7. The number of rotatable bonds is 6. The third kappa shape index (κ3) is 6.37. The van der Waals surface area contributed by atoms with Crippen LogP contribution in [0, 0.1) is 5.41 Å². The van der Waals surface area contributed by atoms with Gasteiger partial charge in [0.05, 0.1) is 0 Å². The van der Waals surface area contributed by atoms with Crippen LogP contribution >= 0.6 is 0 Å². The third-order valence-electron chi connectivity index (χ3n) is 7.47. The van der Waals surface area contributed by atoms with Crippen molar-refractivity contribution in [3.8, 4) is 44.5 Å². The molecule has 1 N–H and O–H groups in total. The summed E-state index contributed by atoms with van der Waals surface area (Å²) in [5, 5.41) is 9.24. The van der Waals surface area contributed by atoms with Crippen molar-refractivity contribution in [3.63, 3.8) is 0 Å². The largest absolute Gasteiger partial charge is 0.362 e. The van der Waals surface area contributed by atoms with Gasteiger partial charge in [-0.05, 0) is 80.9 Å². The molecule has 43 heavy (non-hydrogen) atoms. The van der Waals surface area contributed by atoms with Crippen LogP contribution in [0.5, 0.6) is 0 Å². The predicted octanol–water partition coefficient (Wildman–Crippen LogP) is 9.69. The van der Waals surface area contributed by atoms with Crippen molar-refractivity contribution in [2.75, 3.05) is 14.1 Å². The fourth-order valence-electron chi connectivity index (χ4n) is 5.30. The Morgan fingerprint density at radius 1 is 0.419 bits per heavy atom. The van der Waals surface area contributed by atoms with E-state index in [-0.39, 0.29) is 5.84 Å². The monoisotopic (exact) mass is 555 g/mol. The molecule has 6 aromatic carbocycles. The summed E-state index contributed by atoms with van der Waals surface area (Å²) in [4.78, 5) is 6.97. The molecule has 0 heterocycles. The minimum Gasteiger partial charge on any atom is -0.362 e. The Hall–Kier alpha value is -5.54. The van der Waals surface area contributed by atoms with Crippen LogP contribution in [0.25, 0.3) is 44.5 Å². The zero-order valence-corrected chi connectivity index (χ0v) is 24.4. The molecule has 0 saturated carbocycles. The molecule has 3 heteroatoms. The lowest BCUT2D eigenvalue weighted by Gasteiger charge is -2.19. The Morgan fingerprint density at radius 2 is 0.721 bits per heavy atom. The fraction of sp³-hybridized carbons (Fsp3) is 0.0500. The smallest absolute Gasteiger partial charge is 0.154 e. The van der Waals surface area contributed by atoms with E-state index >= 15 is 0 Å². The Bertz CT molecular complexity index is 1760. The van der Waals surface area contributed by atoms with Crippen molar-refractivity contribution in [1.82, 2.24) is 4.90 Å². The highest BCUT2D eigenvalue weighted by molar-refractivity contribution is 6.11. The zero-order chi connectivity index (χ0) is 29.6. The summed E-state index contributed by atoms with van der Waals surface area (Å²) in [6.45, 7) is 0. The number of aliphatic imine (C=N–C) groups is 1. The number of hydrogen-bond donors (Lipinski definition) is 1. The van der Waals surface area contributed by atoms with Gasteiger partial charge in [-0.25, -0.2) is 4.99 Å². The fourth-order valence-corrected chi connectivity index (χ4v) is 5.30. The normalized spacial score (nSPS) is 11.3. The molecule has 0 saturated heterocycles. The number of nitrogens with one attached hydrogen (secondary N) is 1. The quantitative estimate of drug-likeness (QED) is 0.161. The van der Waals surface area contributed by atoms with E-state index in [9.17, 15) is 5.41 Å². The maximum Gasteiger partial charge on any atom is 0.154 e. The first-order chi connectivity index (χ1) is 21.0. The number of amidine groups is 2. The Kier molecular flexibility index (Phi) is 8.06. The topological polar surface area (TPSA) is 39.5 Å². The van der Waals surface area contributed by atoms with Gasteiger partial charge >= 0.3 is 0 Å². The summed E-state index contributed by atoms with van der Waals surface area (Å²) < 4.78 is 0. The van der Waals surface area contributed by atoms with Crippen LogP contribution in [-0.2, 0) is 0 Å². The Morgan fingerprint density at radius 3 is 1.02 bits per heavy atom. The van der Waals surface area contributed by atoms with Gasteiger partial charge in [0.15, 0.2) is 5.84 Å². The molecule has 0 aliphatic rings. The maximum absolute atomic E-state index is 9.24. The van der Waals surface area contributed by atoms with Crippen molar-refractivity contribution in [3.05, 3.63) is 169 Å². The molecule has 0 aliphatic carbocycles. The van der Waals surface area contributed by atoms with Crippen LogP contribution in [0.15, 0.2) is 163 Å². The van der Waals surface area contributed by atoms with Crippen LogP contribution in [0.2, 0.25) is 0 Å². The van der Waals surface area contributed by atoms with Gasteiger partial charge in [0.1, 0.15) is 5.84 Å². The molecule has 0 aromatic heterocycles. The first kappa shape index (κ1) is 27.6. The highest BCUT2D eigenvalue weighted by atomic mass is 15.1. The van der Waals surface area contributed by atoms with E-state index in [1.165, 1.54) is 0 Å².